The maximum absolute atomic E-state index is 10.3. The van der Waals surface area contributed by atoms with E-state index in [1.165, 1.54) is 0 Å². The van der Waals surface area contributed by atoms with Crippen LogP contribution in [0.5, 0.6) is 11.5 Å². The minimum absolute atomic E-state index is 0.101. The quantitative estimate of drug-likeness (QED) is 0.787. The maximum atomic E-state index is 10.3. The van der Waals surface area contributed by atoms with Crippen LogP contribution in [-0.4, -0.2) is 22.4 Å². The fourth-order valence-corrected chi connectivity index (χ4v) is 3.03. The van der Waals surface area contributed by atoms with Gasteiger partial charge in [-0.05, 0) is 32.4 Å². The van der Waals surface area contributed by atoms with E-state index >= 15 is 0 Å². The Morgan fingerprint density at radius 1 is 1.23 bits per heavy atom. The van der Waals surface area contributed by atoms with Gasteiger partial charge in [0.05, 0.1) is 23.4 Å². The first-order chi connectivity index (χ1) is 10.5. The van der Waals surface area contributed by atoms with Gasteiger partial charge in [0, 0.05) is 17.0 Å². The highest BCUT2D eigenvalue weighted by Gasteiger charge is 2.22. The highest BCUT2D eigenvalue weighted by Crippen LogP contribution is 2.40. The summed E-state index contributed by atoms with van der Waals surface area (Å²) in [5.41, 5.74) is 3.73. The van der Waals surface area contributed by atoms with E-state index in [-0.39, 0.29) is 5.75 Å². The molecule has 0 atom stereocenters. The Morgan fingerprint density at radius 2 is 2.00 bits per heavy atom. The van der Waals surface area contributed by atoms with Crippen LogP contribution in [0.4, 0.5) is 0 Å². The third-order valence-electron chi connectivity index (χ3n) is 3.51. The fourth-order valence-electron chi connectivity index (χ4n) is 2.42. The summed E-state index contributed by atoms with van der Waals surface area (Å²) < 4.78 is 10.6. The number of thiazole rings is 1. The third-order valence-corrected chi connectivity index (χ3v) is 4.28. The summed E-state index contributed by atoms with van der Waals surface area (Å²) in [6.07, 6.45) is 0. The minimum atomic E-state index is 0.101. The smallest absolute Gasteiger partial charge is 0.143 e. The van der Waals surface area contributed by atoms with Crippen molar-refractivity contribution in [3.63, 3.8) is 0 Å². The van der Waals surface area contributed by atoms with Gasteiger partial charge in [-0.25, -0.2) is 4.98 Å². The van der Waals surface area contributed by atoms with Gasteiger partial charge in [-0.1, -0.05) is 5.16 Å². The van der Waals surface area contributed by atoms with Gasteiger partial charge in [-0.15, -0.1) is 11.3 Å². The summed E-state index contributed by atoms with van der Waals surface area (Å²) in [4.78, 5) is 4.50. The number of methoxy groups -OCH3 is 1. The van der Waals surface area contributed by atoms with E-state index in [9.17, 15) is 5.11 Å². The lowest BCUT2D eigenvalue weighted by Gasteiger charge is -2.09. The first-order valence-corrected chi connectivity index (χ1v) is 7.66. The number of hydrogen-bond donors (Lipinski definition) is 1. The third kappa shape index (κ3) is 2.35. The van der Waals surface area contributed by atoms with Crippen molar-refractivity contribution in [2.24, 2.45) is 0 Å². The van der Waals surface area contributed by atoms with Crippen LogP contribution in [0.25, 0.3) is 22.5 Å². The molecule has 3 aromatic rings. The number of aromatic nitrogens is 2. The number of phenols is 1. The normalized spacial score (nSPS) is 10.9. The van der Waals surface area contributed by atoms with Crippen molar-refractivity contribution >= 4 is 11.3 Å². The number of nitrogens with zero attached hydrogens (tertiary/aromatic N) is 2. The molecular formula is C16H16N2O3S. The second-order valence-corrected chi connectivity index (χ2v) is 6.12. The molecular weight excluding hydrogens is 300 g/mol. The molecule has 0 saturated carbocycles. The largest absolute Gasteiger partial charge is 0.507 e. The zero-order valence-corrected chi connectivity index (χ0v) is 13.6. The molecule has 0 bridgehead atoms. The van der Waals surface area contributed by atoms with Crippen LogP contribution in [0.3, 0.4) is 0 Å². The standard InChI is InChI=1S/C16H16N2O3S/c1-8-5-11(13(19)6-14(8)20-4)16-15(9(2)21-18-16)12-7-22-10(3)17-12/h5-7,19H,1-4H3. The zero-order valence-electron chi connectivity index (χ0n) is 12.8. The Morgan fingerprint density at radius 3 is 2.64 bits per heavy atom. The van der Waals surface area contributed by atoms with E-state index in [0.717, 1.165) is 21.8 Å². The van der Waals surface area contributed by atoms with Gasteiger partial charge in [-0.3, -0.25) is 0 Å². The predicted molar refractivity (Wildman–Crippen MR) is 85.5 cm³/mol. The molecule has 0 saturated heterocycles. The molecule has 1 N–H and O–H groups in total. The van der Waals surface area contributed by atoms with Crippen molar-refractivity contribution in [1.82, 2.24) is 10.1 Å². The van der Waals surface area contributed by atoms with Crippen molar-refractivity contribution < 1.29 is 14.4 Å². The van der Waals surface area contributed by atoms with Gasteiger partial charge >= 0.3 is 0 Å². The molecule has 0 aliphatic heterocycles. The van der Waals surface area contributed by atoms with Gasteiger partial charge in [-0.2, -0.15) is 0 Å². The Kier molecular flexibility index (Phi) is 3.62. The van der Waals surface area contributed by atoms with Crippen LogP contribution in [0.15, 0.2) is 22.0 Å². The van der Waals surface area contributed by atoms with Crippen LogP contribution in [0.2, 0.25) is 0 Å². The Labute approximate surface area is 132 Å². The second-order valence-electron chi connectivity index (χ2n) is 5.05. The van der Waals surface area contributed by atoms with E-state index < -0.39 is 0 Å². The monoisotopic (exact) mass is 316 g/mol. The lowest BCUT2D eigenvalue weighted by molar-refractivity contribution is 0.398. The highest BCUT2D eigenvalue weighted by atomic mass is 32.1. The van der Waals surface area contributed by atoms with Crippen LogP contribution < -0.4 is 4.74 Å². The molecule has 114 valence electrons. The molecule has 3 rings (SSSR count). The van der Waals surface area contributed by atoms with Crippen LogP contribution in [-0.2, 0) is 0 Å². The van der Waals surface area contributed by atoms with E-state index in [0.29, 0.717) is 22.8 Å². The summed E-state index contributed by atoms with van der Waals surface area (Å²) >= 11 is 1.57. The molecule has 0 amide bonds. The van der Waals surface area contributed by atoms with Crippen LogP contribution in [0.1, 0.15) is 16.3 Å². The van der Waals surface area contributed by atoms with E-state index in [4.69, 9.17) is 9.26 Å². The molecule has 0 spiro atoms. The first-order valence-electron chi connectivity index (χ1n) is 6.78. The van der Waals surface area contributed by atoms with E-state index in [2.05, 4.69) is 10.1 Å². The fraction of sp³-hybridized carbons (Fsp3) is 0.250. The first kappa shape index (κ1) is 14.6. The van der Waals surface area contributed by atoms with Crippen molar-refractivity contribution in [3.05, 3.63) is 33.8 Å². The van der Waals surface area contributed by atoms with Gasteiger partial charge in [0.25, 0.3) is 0 Å². The SMILES string of the molecule is COc1cc(O)c(-c2noc(C)c2-c2csc(C)n2)cc1C. The number of rotatable bonds is 3. The van der Waals surface area contributed by atoms with Gasteiger partial charge in [0.15, 0.2) is 0 Å². The molecule has 0 fully saturated rings. The van der Waals surface area contributed by atoms with Crippen LogP contribution >= 0.6 is 11.3 Å². The molecule has 0 radical (unpaired) electrons. The zero-order chi connectivity index (χ0) is 15.9. The Balaban J connectivity index is 2.20. The predicted octanol–water partition coefficient (Wildman–Crippen LogP) is 4.10. The molecule has 1 aromatic carbocycles. The average Bonchev–Trinajstić information content (AvgIpc) is 3.06. The molecule has 0 aliphatic carbocycles. The van der Waals surface area contributed by atoms with Crippen molar-refractivity contribution in [1.29, 1.82) is 0 Å². The average molecular weight is 316 g/mol. The van der Waals surface area contributed by atoms with Crippen LogP contribution in [0, 0.1) is 20.8 Å². The number of phenolic OH excluding ortho intramolecular Hbond substituents is 1. The number of hydrogen-bond acceptors (Lipinski definition) is 6. The molecule has 0 unspecified atom stereocenters. The molecule has 0 aliphatic rings. The summed E-state index contributed by atoms with van der Waals surface area (Å²) in [6.45, 7) is 5.71. The maximum Gasteiger partial charge on any atom is 0.143 e. The molecule has 5 nitrogen and oxygen atoms in total. The molecule has 2 aromatic heterocycles. The summed E-state index contributed by atoms with van der Waals surface area (Å²) in [7, 11) is 1.57. The summed E-state index contributed by atoms with van der Waals surface area (Å²) in [6, 6.07) is 3.43. The topological polar surface area (TPSA) is 68.4 Å². The van der Waals surface area contributed by atoms with Gasteiger partial charge in [0.2, 0.25) is 0 Å². The Hall–Kier alpha value is -2.34. The number of ether oxygens (including phenoxy) is 1. The molecule has 6 heteroatoms. The van der Waals surface area contributed by atoms with Gasteiger partial charge in [0.1, 0.15) is 23.0 Å². The van der Waals surface area contributed by atoms with Crippen molar-refractivity contribution in [2.75, 3.05) is 7.11 Å². The number of benzene rings is 1. The van der Waals surface area contributed by atoms with Crippen molar-refractivity contribution in [3.8, 4) is 34.0 Å². The number of aromatic hydroxyl groups is 1. The highest BCUT2D eigenvalue weighted by molar-refractivity contribution is 7.09. The molecule has 2 heterocycles. The summed E-state index contributed by atoms with van der Waals surface area (Å²) in [5, 5.41) is 17.4. The Bertz CT molecular complexity index is 836. The molecule has 22 heavy (non-hydrogen) atoms. The van der Waals surface area contributed by atoms with Gasteiger partial charge < -0.3 is 14.4 Å². The van der Waals surface area contributed by atoms with E-state index in [1.54, 1.807) is 24.5 Å². The number of aryl methyl sites for hydroxylation is 3. The van der Waals surface area contributed by atoms with E-state index in [1.807, 2.05) is 32.2 Å². The summed E-state index contributed by atoms with van der Waals surface area (Å²) in [5.74, 6) is 1.41. The second kappa shape index (κ2) is 5.46. The minimum Gasteiger partial charge on any atom is -0.507 e. The van der Waals surface area contributed by atoms with Crippen molar-refractivity contribution in [2.45, 2.75) is 20.8 Å². The lowest BCUT2D eigenvalue weighted by atomic mass is 10.0. The lowest BCUT2D eigenvalue weighted by Crippen LogP contribution is -1.91.